The number of carbonyl (C=O) groups excluding carboxylic acids is 2. The zero-order valence-corrected chi connectivity index (χ0v) is 58.3. The number of phosphoric ester groups is 1. The lowest BCUT2D eigenvalue weighted by Crippen LogP contribution is -2.37. The first kappa shape index (κ1) is 84.2. The summed E-state index contributed by atoms with van der Waals surface area (Å²) in [6.45, 7) is 4.03. The molecule has 0 aromatic heterocycles. The fourth-order valence-electron chi connectivity index (χ4n) is 9.75. The largest absolute Gasteiger partial charge is 0.756 e. The fraction of sp³-hybridized carbons (Fsp3) is 0.692. The highest BCUT2D eigenvalue weighted by molar-refractivity contribution is 7.45. The topological polar surface area (TPSA) is 111 Å². The van der Waals surface area contributed by atoms with Gasteiger partial charge >= 0.3 is 11.9 Å². The van der Waals surface area contributed by atoms with E-state index >= 15 is 0 Å². The predicted molar refractivity (Wildman–Crippen MR) is 378 cm³/mol. The van der Waals surface area contributed by atoms with Crippen LogP contribution in [0.4, 0.5) is 0 Å². The van der Waals surface area contributed by atoms with E-state index < -0.39 is 26.5 Å². The molecule has 0 aromatic carbocycles. The molecular formula is C78H134NO8P. The van der Waals surface area contributed by atoms with Gasteiger partial charge in [0.05, 0.1) is 27.7 Å². The van der Waals surface area contributed by atoms with Gasteiger partial charge in [-0.2, -0.15) is 0 Å². The van der Waals surface area contributed by atoms with E-state index in [9.17, 15) is 19.0 Å². The SMILES string of the molecule is CC/C=C\C/C=C\C/C=C\C/C=C\C/C=C\C/C=C\CCCCCCCCCCCCCCCCC(=O)OC(COC(=O)CCCCCCCCCCCCCCCCC/C=C\C/C=C\C/C=C\C/C=C\C/C=C\CC)COP(=O)([O-])OCC[N+](C)(C)C. The minimum Gasteiger partial charge on any atom is -0.756 e. The van der Waals surface area contributed by atoms with Gasteiger partial charge in [-0.25, -0.2) is 0 Å². The molecule has 0 aliphatic carbocycles. The summed E-state index contributed by atoms with van der Waals surface area (Å²) in [4.78, 5) is 38.1. The third kappa shape index (κ3) is 71.2. The average Bonchev–Trinajstić information content (AvgIpc) is 3.56. The van der Waals surface area contributed by atoms with E-state index in [1.165, 1.54) is 154 Å². The van der Waals surface area contributed by atoms with Crippen LogP contribution in [0.2, 0.25) is 0 Å². The van der Waals surface area contributed by atoms with Crippen molar-refractivity contribution in [3.8, 4) is 0 Å². The molecule has 0 heterocycles. The third-order valence-electron chi connectivity index (χ3n) is 15.2. The van der Waals surface area contributed by atoms with Gasteiger partial charge < -0.3 is 27.9 Å². The minimum atomic E-state index is -4.65. The van der Waals surface area contributed by atoms with Crippen LogP contribution in [-0.2, 0) is 32.7 Å². The molecule has 0 saturated carbocycles. The van der Waals surface area contributed by atoms with Gasteiger partial charge in [-0.15, -0.1) is 0 Å². The molecule has 0 bridgehead atoms. The molecule has 504 valence electrons. The van der Waals surface area contributed by atoms with Gasteiger partial charge in [0.15, 0.2) is 6.10 Å². The summed E-state index contributed by atoms with van der Waals surface area (Å²) in [5, 5.41) is 0. The Kier molecular flexibility index (Phi) is 64.6. The lowest BCUT2D eigenvalue weighted by Gasteiger charge is -2.28. The summed E-state index contributed by atoms with van der Waals surface area (Å²) < 4.78 is 34.3. The molecular weight excluding hydrogens is 1110 g/mol. The molecule has 10 heteroatoms. The van der Waals surface area contributed by atoms with Crippen molar-refractivity contribution in [3.05, 3.63) is 134 Å². The predicted octanol–water partition coefficient (Wildman–Crippen LogP) is 23.0. The molecule has 0 saturated heterocycles. The number of quaternary nitrogens is 1. The molecule has 0 amide bonds. The maximum absolute atomic E-state index is 12.9. The van der Waals surface area contributed by atoms with Crippen LogP contribution in [0, 0.1) is 0 Å². The van der Waals surface area contributed by atoms with Crippen molar-refractivity contribution >= 4 is 19.8 Å². The Balaban J connectivity index is 4.05. The van der Waals surface area contributed by atoms with Crippen molar-refractivity contribution in [3.63, 3.8) is 0 Å². The van der Waals surface area contributed by atoms with Crippen molar-refractivity contribution in [2.24, 2.45) is 0 Å². The first-order chi connectivity index (χ1) is 43.0. The molecule has 88 heavy (non-hydrogen) atoms. The van der Waals surface area contributed by atoms with Crippen molar-refractivity contribution in [1.82, 2.24) is 0 Å². The van der Waals surface area contributed by atoms with Crippen LogP contribution in [0.1, 0.15) is 296 Å². The van der Waals surface area contributed by atoms with E-state index in [0.717, 1.165) is 109 Å². The standard InChI is InChI=1S/C78H134NO8P/c1-6-8-10-12-14-16-18-20-22-24-26-28-30-32-34-36-38-39-41-43-45-47-49-51-53-55-57-59-61-63-65-67-69-71-78(81)87-76(75-86-88(82,83)85-73-72-79(3,4)5)74-84-77(80)70-68-66-64-62-60-58-56-54-52-50-48-46-44-42-40-37-35-33-31-29-27-25-23-21-19-17-15-13-11-9-7-2/h8-11,14-17,20-23,26-29,32-35,38-39,76H,6-7,12-13,18-19,24-25,30-31,36-37,40-75H2,1-5H3/b10-8-,11-9-,16-14-,17-15-,22-20-,23-21-,28-26-,29-27-,34-32-,35-33-,39-38-. The molecule has 0 N–H and O–H groups in total. The van der Waals surface area contributed by atoms with Crippen LogP contribution in [0.3, 0.4) is 0 Å². The van der Waals surface area contributed by atoms with Crippen LogP contribution in [0.25, 0.3) is 0 Å². The lowest BCUT2D eigenvalue weighted by molar-refractivity contribution is -0.870. The minimum absolute atomic E-state index is 0.0353. The highest BCUT2D eigenvalue weighted by Crippen LogP contribution is 2.38. The summed E-state index contributed by atoms with van der Waals surface area (Å²) in [7, 11) is 1.16. The molecule has 2 unspecified atom stereocenters. The van der Waals surface area contributed by atoms with Gasteiger partial charge in [0.1, 0.15) is 19.8 Å². The van der Waals surface area contributed by atoms with Gasteiger partial charge in [0.25, 0.3) is 7.82 Å². The van der Waals surface area contributed by atoms with Crippen LogP contribution in [-0.4, -0.2) is 70.0 Å². The zero-order chi connectivity index (χ0) is 64.1. The fourth-order valence-corrected chi connectivity index (χ4v) is 10.5. The van der Waals surface area contributed by atoms with E-state index in [1.54, 1.807) is 0 Å². The molecule has 0 rings (SSSR count). The Morgan fingerprint density at radius 1 is 0.352 bits per heavy atom. The number of nitrogens with zero attached hydrogens (tertiary/aromatic N) is 1. The van der Waals surface area contributed by atoms with E-state index in [2.05, 4.69) is 148 Å². The third-order valence-corrected chi connectivity index (χ3v) is 16.1. The highest BCUT2D eigenvalue weighted by Gasteiger charge is 2.22. The lowest BCUT2D eigenvalue weighted by atomic mass is 10.0. The Morgan fingerprint density at radius 2 is 0.614 bits per heavy atom. The molecule has 0 fully saturated rings. The normalized spacial score (nSPS) is 13.9. The smallest absolute Gasteiger partial charge is 0.306 e. The van der Waals surface area contributed by atoms with Crippen molar-refractivity contribution < 1.29 is 42.1 Å². The summed E-state index contributed by atoms with van der Waals surface area (Å²) in [6.07, 6.45) is 98.1. The number of allylic oxidation sites excluding steroid dienone is 22. The number of phosphoric acid groups is 1. The van der Waals surface area contributed by atoms with Gasteiger partial charge in [-0.3, -0.25) is 14.2 Å². The number of ether oxygens (including phenoxy) is 2. The second-order valence-electron chi connectivity index (χ2n) is 24.8. The number of esters is 2. The Labute approximate surface area is 542 Å². The van der Waals surface area contributed by atoms with Gasteiger partial charge in [-0.1, -0.05) is 308 Å². The number of likely N-dealkylation sites (N-methyl/N-ethyl adjacent to an activating group) is 1. The Hall–Kier alpha value is -3.85. The number of hydrogen-bond donors (Lipinski definition) is 0. The monoisotopic (exact) mass is 1240 g/mol. The van der Waals surface area contributed by atoms with Crippen molar-refractivity contribution in [1.29, 1.82) is 0 Å². The molecule has 0 aliphatic rings. The van der Waals surface area contributed by atoms with Crippen LogP contribution >= 0.6 is 7.82 Å². The van der Waals surface area contributed by atoms with E-state index in [-0.39, 0.29) is 32.0 Å². The summed E-state index contributed by atoms with van der Waals surface area (Å²) in [5.74, 6) is -0.831. The maximum atomic E-state index is 12.9. The molecule has 0 spiro atoms. The molecule has 0 aliphatic heterocycles. The van der Waals surface area contributed by atoms with Gasteiger partial charge in [0, 0.05) is 12.8 Å². The quantitative estimate of drug-likeness (QED) is 0.0195. The van der Waals surface area contributed by atoms with Crippen LogP contribution < -0.4 is 4.89 Å². The van der Waals surface area contributed by atoms with Crippen LogP contribution in [0.15, 0.2) is 134 Å². The maximum Gasteiger partial charge on any atom is 0.306 e. The number of rotatable bonds is 65. The van der Waals surface area contributed by atoms with Crippen molar-refractivity contribution in [2.45, 2.75) is 302 Å². The van der Waals surface area contributed by atoms with E-state index in [0.29, 0.717) is 17.4 Å². The zero-order valence-electron chi connectivity index (χ0n) is 57.4. The average molecular weight is 1240 g/mol. The second kappa shape index (κ2) is 67.5. The molecule has 9 nitrogen and oxygen atoms in total. The van der Waals surface area contributed by atoms with Crippen molar-refractivity contribution in [2.75, 3.05) is 47.5 Å². The molecule has 0 radical (unpaired) electrons. The Bertz CT molecular complexity index is 1950. The number of hydrogen-bond acceptors (Lipinski definition) is 8. The first-order valence-electron chi connectivity index (χ1n) is 35.9. The molecule has 2 atom stereocenters. The Morgan fingerprint density at radius 3 is 0.909 bits per heavy atom. The summed E-state index contributed by atoms with van der Waals surface area (Å²) in [5.41, 5.74) is 0. The first-order valence-corrected chi connectivity index (χ1v) is 37.4. The summed E-state index contributed by atoms with van der Waals surface area (Å²) in [6, 6.07) is 0. The van der Waals surface area contributed by atoms with Gasteiger partial charge in [-0.05, 0) is 109 Å². The van der Waals surface area contributed by atoms with E-state index in [1.807, 2.05) is 21.1 Å². The number of unbranched alkanes of at least 4 members (excludes halogenated alkanes) is 29. The van der Waals surface area contributed by atoms with E-state index in [4.69, 9.17) is 18.5 Å². The highest BCUT2D eigenvalue weighted by atomic mass is 31.2. The summed E-state index contributed by atoms with van der Waals surface area (Å²) >= 11 is 0. The number of carbonyl (C=O) groups is 2. The second-order valence-corrected chi connectivity index (χ2v) is 26.2. The van der Waals surface area contributed by atoms with Crippen LogP contribution in [0.5, 0.6) is 0 Å². The van der Waals surface area contributed by atoms with Gasteiger partial charge in [0.2, 0.25) is 0 Å². The molecule has 0 aromatic rings.